The van der Waals surface area contributed by atoms with Gasteiger partial charge in [-0.3, -0.25) is 4.79 Å². The molecule has 0 spiro atoms. The monoisotopic (exact) mass is 472 g/mol. The highest BCUT2D eigenvalue weighted by atomic mass is 35.5. The van der Waals surface area contributed by atoms with Gasteiger partial charge in [0, 0.05) is 17.6 Å². The van der Waals surface area contributed by atoms with Crippen LogP contribution < -0.4 is 10.6 Å². The lowest BCUT2D eigenvalue weighted by Gasteiger charge is -2.26. The Morgan fingerprint density at radius 2 is 1.94 bits per heavy atom. The molecule has 0 saturated carbocycles. The van der Waals surface area contributed by atoms with E-state index in [-0.39, 0.29) is 17.3 Å². The van der Waals surface area contributed by atoms with Gasteiger partial charge in [-0.15, -0.1) is 0 Å². The minimum Gasteiger partial charge on any atom is -0.506 e. The van der Waals surface area contributed by atoms with Crippen LogP contribution in [0.3, 0.4) is 0 Å². The number of hydrogen-bond acceptors (Lipinski definition) is 5. The topological polar surface area (TPSA) is 96.9 Å². The fraction of sp³-hybridized carbons (Fsp3) is 0.360. The minimum absolute atomic E-state index is 0.105. The van der Waals surface area contributed by atoms with Crippen molar-refractivity contribution >= 4 is 35.4 Å². The number of benzene rings is 2. The molecule has 0 aromatic heterocycles. The number of anilines is 1. The molecule has 1 unspecified atom stereocenters. The maximum Gasteiger partial charge on any atom is 0.407 e. The van der Waals surface area contributed by atoms with Crippen LogP contribution in [0.4, 0.5) is 10.5 Å². The minimum atomic E-state index is -0.561. The van der Waals surface area contributed by atoms with Crippen molar-refractivity contribution in [2.45, 2.75) is 39.2 Å². The number of fused-ring (bicyclic) bond motifs is 1. The van der Waals surface area contributed by atoms with Crippen molar-refractivity contribution in [2.24, 2.45) is 5.92 Å². The van der Waals surface area contributed by atoms with Crippen molar-refractivity contribution in [1.82, 2.24) is 5.32 Å². The average Bonchev–Trinajstić information content (AvgIpc) is 2.73. The summed E-state index contributed by atoms with van der Waals surface area (Å²) < 4.78 is 11.2. The molecule has 2 aromatic rings. The number of rotatable bonds is 7. The number of amides is 2. The summed E-state index contributed by atoms with van der Waals surface area (Å²) in [5, 5.41) is 15.9. The predicted molar refractivity (Wildman–Crippen MR) is 128 cm³/mol. The van der Waals surface area contributed by atoms with Crippen molar-refractivity contribution in [2.75, 3.05) is 18.5 Å². The van der Waals surface area contributed by atoms with Gasteiger partial charge in [0.25, 0.3) is 0 Å². The summed E-state index contributed by atoms with van der Waals surface area (Å²) in [5.41, 5.74) is 1.76. The van der Waals surface area contributed by atoms with E-state index in [1.54, 1.807) is 32.9 Å². The van der Waals surface area contributed by atoms with E-state index in [1.807, 2.05) is 30.3 Å². The first-order chi connectivity index (χ1) is 15.6. The molecule has 0 radical (unpaired) electrons. The maximum atomic E-state index is 13.1. The number of alkyl carbamates (subject to hydrolysis) is 1. The second kappa shape index (κ2) is 10.6. The van der Waals surface area contributed by atoms with E-state index in [0.717, 1.165) is 11.1 Å². The lowest BCUT2D eigenvalue weighted by atomic mass is 9.87. The van der Waals surface area contributed by atoms with Crippen LogP contribution in [-0.4, -0.2) is 35.9 Å². The third-order valence-corrected chi connectivity index (χ3v) is 5.15. The number of ether oxygens (including phenoxy) is 2. The first-order valence-corrected chi connectivity index (χ1v) is 11.2. The summed E-state index contributed by atoms with van der Waals surface area (Å²) in [6.45, 7) is 6.11. The van der Waals surface area contributed by atoms with E-state index >= 15 is 0 Å². The van der Waals surface area contributed by atoms with E-state index in [4.69, 9.17) is 21.1 Å². The number of carbonyl (C=O) groups excluding carboxylic acids is 2. The van der Waals surface area contributed by atoms with Crippen LogP contribution >= 0.6 is 11.6 Å². The number of phenols is 1. The van der Waals surface area contributed by atoms with Crippen molar-refractivity contribution < 1.29 is 24.2 Å². The van der Waals surface area contributed by atoms with Crippen molar-refractivity contribution in [3.05, 3.63) is 64.4 Å². The molecule has 3 N–H and O–H groups in total. The van der Waals surface area contributed by atoms with Gasteiger partial charge in [0.05, 0.1) is 18.2 Å². The molecule has 1 aliphatic carbocycles. The molecule has 0 fully saturated rings. The SMILES string of the molecule is CC(C)(C)OC(=O)NCCCOC1=Cc2ccccc2CC1C(=O)Nc1ccc(Cl)cc1O. The van der Waals surface area contributed by atoms with E-state index in [2.05, 4.69) is 10.6 Å². The van der Waals surface area contributed by atoms with Crippen LogP contribution in [0.25, 0.3) is 6.08 Å². The number of carbonyl (C=O) groups is 2. The van der Waals surface area contributed by atoms with Crippen molar-refractivity contribution in [3.63, 3.8) is 0 Å². The molecule has 2 aromatic carbocycles. The zero-order valence-electron chi connectivity index (χ0n) is 19.0. The Balaban J connectivity index is 1.63. The second-order valence-electron chi connectivity index (χ2n) is 8.78. The highest BCUT2D eigenvalue weighted by Crippen LogP contribution is 2.32. The van der Waals surface area contributed by atoms with Gasteiger partial charge in [-0.1, -0.05) is 35.9 Å². The Kier molecular flexibility index (Phi) is 7.87. The third-order valence-electron chi connectivity index (χ3n) is 4.91. The van der Waals surface area contributed by atoms with Gasteiger partial charge in [-0.25, -0.2) is 4.79 Å². The Bertz CT molecular complexity index is 1050. The first kappa shape index (κ1) is 24.5. The van der Waals surface area contributed by atoms with Crippen LogP contribution in [0.15, 0.2) is 48.2 Å². The smallest absolute Gasteiger partial charge is 0.407 e. The number of nitrogens with one attached hydrogen (secondary N) is 2. The Morgan fingerprint density at radius 3 is 2.67 bits per heavy atom. The number of aromatic hydroxyl groups is 1. The number of halogens is 1. The predicted octanol–water partition coefficient (Wildman–Crippen LogP) is 5.13. The van der Waals surface area contributed by atoms with E-state index in [1.165, 1.54) is 6.07 Å². The molecule has 2 amide bonds. The highest BCUT2D eigenvalue weighted by Gasteiger charge is 2.29. The number of hydrogen-bond donors (Lipinski definition) is 3. The Hall–Kier alpha value is -3.19. The van der Waals surface area contributed by atoms with Crippen LogP contribution in [0.1, 0.15) is 38.3 Å². The fourth-order valence-corrected chi connectivity index (χ4v) is 3.56. The maximum absolute atomic E-state index is 13.1. The quantitative estimate of drug-likeness (QED) is 0.383. The van der Waals surface area contributed by atoms with Gasteiger partial charge in [0.1, 0.15) is 17.1 Å². The molecule has 3 rings (SSSR count). The molecular formula is C25H29ClN2O5. The zero-order chi connectivity index (χ0) is 24.0. The normalized spacial score (nSPS) is 15.2. The molecule has 0 aliphatic heterocycles. The zero-order valence-corrected chi connectivity index (χ0v) is 19.7. The van der Waals surface area contributed by atoms with Crippen LogP contribution in [0.2, 0.25) is 5.02 Å². The Morgan fingerprint density at radius 1 is 1.18 bits per heavy atom. The van der Waals surface area contributed by atoms with E-state index < -0.39 is 17.6 Å². The summed E-state index contributed by atoms with van der Waals surface area (Å²) in [6, 6.07) is 12.3. The van der Waals surface area contributed by atoms with Gasteiger partial charge < -0.3 is 25.2 Å². The molecule has 0 heterocycles. The van der Waals surface area contributed by atoms with E-state index in [9.17, 15) is 14.7 Å². The van der Waals surface area contributed by atoms with Crippen molar-refractivity contribution in [3.8, 4) is 5.75 Å². The molecule has 1 aliphatic rings. The van der Waals surface area contributed by atoms with Gasteiger partial charge >= 0.3 is 6.09 Å². The van der Waals surface area contributed by atoms with Crippen LogP contribution in [0, 0.1) is 5.92 Å². The molecule has 0 saturated heterocycles. The highest BCUT2D eigenvalue weighted by molar-refractivity contribution is 6.30. The summed E-state index contributed by atoms with van der Waals surface area (Å²) in [7, 11) is 0. The molecule has 33 heavy (non-hydrogen) atoms. The molecule has 1 atom stereocenters. The first-order valence-electron chi connectivity index (χ1n) is 10.8. The summed E-state index contributed by atoms with van der Waals surface area (Å²) in [5.74, 6) is -0.419. The van der Waals surface area contributed by atoms with Crippen LogP contribution in [0.5, 0.6) is 5.75 Å². The molecular weight excluding hydrogens is 444 g/mol. The lowest BCUT2D eigenvalue weighted by Crippen LogP contribution is -2.33. The second-order valence-corrected chi connectivity index (χ2v) is 9.22. The molecule has 8 heteroatoms. The number of phenolic OH excluding ortho intramolecular Hbond substituents is 1. The molecule has 0 bridgehead atoms. The molecule has 176 valence electrons. The standard InChI is InChI=1S/C25H29ClN2O5/c1-25(2,3)33-24(31)27-11-6-12-32-22-14-17-8-5-4-7-16(17)13-19(22)23(30)28-20-10-9-18(26)15-21(20)29/h4-5,7-10,14-15,19,29H,6,11-13H2,1-3H3,(H,27,31)(H,28,30). The fourth-order valence-electron chi connectivity index (χ4n) is 3.40. The van der Waals surface area contributed by atoms with Gasteiger partial charge in [0.15, 0.2) is 0 Å². The van der Waals surface area contributed by atoms with Gasteiger partial charge in [-0.05, 0) is 62.9 Å². The summed E-state index contributed by atoms with van der Waals surface area (Å²) >= 11 is 5.88. The third kappa shape index (κ3) is 7.15. The summed E-state index contributed by atoms with van der Waals surface area (Å²) in [6.07, 6.45) is 2.41. The summed E-state index contributed by atoms with van der Waals surface area (Å²) in [4.78, 5) is 24.8. The average molecular weight is 473 g/mol. The molecule has 7 nitrogen and oxygen atoms in total. The van der Waals surface area contributed by atoms with Gasteiger partial charge in [-0.2, -0.15) is 0 Å². The van der Waals surface area contributed by atoms with Gasteiger partial charge in [0.2, 0.25) is 5.91 Å². The van der Waals surface area contributed by atoms with Crippen LogP contribution in [-0.2, 0) is 20.7 Å². The lowest BCUT2D eigenvalue weighted by molar-refractivity contribution is -0.119. The van der Waals surface area contributed by atoms with Crippen molar-refractivity contribution in [1.29, 1.82) is 0 Å². The largest absolute Gasteiger partial charge is 0.506 e. The Labute approximate surface area is 198 Å². The van der Waals surface area contributed by atoms with E-state index in [0.29, 0.717) is 36.8 Å².